The van der Waals surface area contributed by atoms with Crippen LogP contribution in [0.5, 0.6) is 0 Å². The molecule has 5 nitrogen and oxygen atoms in total. The number of hydrogen-bond acceptors (Lipinski definition) is 3. The summed E-state index contributed by atoms with van der Waals surface area (Å²) in [6, 6.07) is 0.263. The smallest absolute Gasteiger partial charge is 0.246 e. The molecule has 0 amide bonds. The van der Waals surface area contributed by atoms with E-state index in [1.165, 1.54) is 6.20 Å². The van der Waals surface area contributed by atoms with E-state index in [1.807, 2.05) is 20.8 Å². The third-order valence-corrected chi connectivity index (χ3v) is 5.42. The van der Waals surface area contributed by atoms with Crippen LogP contribution in [-0.2, 0) is 10.0 Å². The Bertz CT molecular complexity index is 507. The van der Waals surface area contributed by atoms with Gasteiger partial charge in [-0.2, -0.15) is 9.40 Å². The highest BCUT2D eigenvalue weighted by atomic mass is 32.2. The van der Waals surface area contributed by atoms with Crippen molar-refractivity contribution in [3.63, 3.8) is 0 Å². The summed E-state index contributed by atoms with van der Waals surface area (Å²) >= 11 is 0. The fourth-order valence-corrected chi connectivity index (χ4v) is 3.94. The van der Waals surface area contributed by atoms with E-state index >= 15 is 0 Å². The monoisotopic (exact) mass is 271 g/mol. The van der Waals surface area contributed by atoms with Crippen LogP contribution in [0, 0.1) is 0 Å². The Morgan fingerprint density at radius 3 is 2.67 bits per heavy atom. The minimum atomic E-state index is -3.37. The van der Waals surface area contributed by atoms with E-state index in [-0.39, 0.29) is 12.1 Å². The lowest BCUT2D eigenvalue weighted by molar-refractivity contribution is 0.268. The van der Waals surface area contributed by atoms with Gasteiger partial charge in [-0.1, -0.05) is 6.42 Å². The van der Waals surface area contributed by atoms with Crippen molar-refractivity contribution in [2.24, 2.45) is 0 Å². The van der Waals surface area contributed by atoms with E-state index in [0.29, 0.717) is 11.4 Å². The average molecular weight is 271 g/mol. The molecule has 1 fully saturated rings. The summed E-state index contributed by atoms with van der Waals surface area (Å²) in [5, 5.41) is 4.11. The van der Waals surface area contributed by atoms with Crippen LogP contribution in [0.15, 0.2) is 17.3 Å². The molecule has 1 aromatic heterocycles. The van der Waals surface area contributed by atoms with Crippen molar-refractivity contribution < 1.29 is 8.42 Å². The molecule has 0 bridgehead atoms. The zero-order valence-corrected chi connectivity index (χ0v) is 12.0. The maximum atomic E-state index is 12.5. The molecule has 102 valence electrons. The first kappa shape index (κ1) is 13.5. The maximum absolute atomic E-state index is 12.5. The molecule has 6 heteroatoms. The molecule has 2 rings (SSSR count). The highest BCUT2D eigenvalue weighted by Crippen LogP contribution is 2.25. The minimum Gasteiger partial charge on any atom is -0.269 e. The molecule has 1 saturated heterocycles. The van der Waals surface area contributed by atoms with E-state index < -0.39 is 10.0 Å². The summed E-state index contributed by atoms with van der Waals surface area (Å²) in [7, 11) is -3.37. The van der Waals surface area contributed by atoms with Crippen LogP contribution in [0.3, 0.4) is 0 Å². The molecule has 1 atom stereocenters. The van der Waals surface area contributed by atoms with E-state index in [4.69, 9.17) is 0 Å². The number of piperidine rings is 1. The summed E-state index contributed by atoms with van der Waals surface area (Å²) in [4.78, 5) is 0.310. The second-order valence-corrected chi connectivity index (χ2v) is 7.10. The third kappa shape index (κ3) is 2.44. The first-order chi connectivity index (χ1) is 8.43. The molecule has 0 unspecified atom stereocenters. The number of sulfonamides is 1. The summed E-state index contributed by atoms with van der Waals surface area (Å²) in [6.07, 6.45) is 6.08. The second kappa shape index (κ2) is 5.01. The lowest BCUT2D eigenvalue weighted by atomic mass is 10.1. The molecule has 0 spiro atoms. The zero-order valence-electron chi connectivity index (χ0n) is 11.2. The van der Waals surface area contributed by atoms with Gasteiger partial charge in [-0.05, 0) is 33.6 Å². The van der Waals surface area contributed by atoms with E-state index in [1.54, 1.807) is 15.2 Å². The van der Waals surface area contributed by atoms with Crippen molar-refractivity contribution in [3.8, 4) is 0 Å². The largest absolute Gasteiger partial charge is 0.269 e. The molecule has 18 heavy (non-hydrogen) atoms. The third-order valence-electron chi connectivity index (χ3n) is 3.46. The predicted molar refractivity (Wildman–Crippen MR) is 69.8 cm³/mol. The Labute approximate surface area is 109 Å². The lowest BCUT2D eigenvalue weighted by Crippen LogP contribution is -2.41. The van der Waals surface area contributed by atoms with Gasteiger partial charge in [0.25, 0.3) is 0 Å². The molecule has 0 aromatic carbocycles. The molecule has 0 saturated carbocycles. The van der Waals surface area contributed by atoms with Gasteiger partial charge >= 0.3 is 0 Å². The average Bonchev–Trinajstić information content (AvgIpc) is 2.79. The highest BCUT2D eigenvalue weighted by molar-refractivity contribution is 7.89. The molecular weight excluding hydrogens is 250 g/mol. The Morgan fingerprint density at radius 2 is 2.11 bits per heavy atom. The molecule has 0 N–H and O–H groups in total. The van der Waals surface area contributed by atoms with Gasteiger partial charge in [0.15, 0.2) is 0 Å². The molecule has 1 aromatic rings. The molecule has 1 aliphatic rings. The quantitative estimate of drug-likeness (QED) is 0.845. The van der Waals surface area contributed by atoms with Gasteiger partial charge in [-0.3, -0.25) is 4.68 Å². The molecule has 1 aliphatic heterocycles. The Morgan fingerprint density at radius 1 is 1.39 bits per heavy atom. The Hall–Kier alpha value is -0.880. The number of nitrogens with zero attached hydrogens (tertiary/aromatic N) is 3. The van der Waals surface area contributed by atoms with Crippen LogP contribution in [0.25, 0.3) is 0 Å². The van der Waals surface area contributed by atoms with E-state index in [9.17, 15) is 8.42 Å². The summed E-state index contributed by atoms with van der Waals surface area (Å²) in [5.41, 5.74) is 0. The van der Waals surface area contributed by atoms with Crippen LogP contribution in [-0.4, -0.2) is 35.1 Å². The van der Waals surface area contributed by atoms with Gasteiger partial charge in [0.05, 0.1) is 6.20 Å². The van der Waals surface area contributed by atoms with E-state index in [0.717, 1.165) is 19.3 Å². The van der Waals surface area contributed by atoms with Crippen LogP contribution in [0.4, 0.5) is 0 Å². The molecule has 0 radical (unpaired) electrons. The molecular formula is C12H21N3O2S. The zero-order chi connectivity index (χ0) is 13.3. The fourth-order valence-electron chi connectivity index (χ4n) is 2.30. The fraction of sp³-hybridized carbons (Fsp3) is 0.750. The first-order valence-electron chi connectivity index (χ1n) is 6.49. The number of aromatic nitrogens is 2. The van der Waals surface area contributed by atoms with Gasteiger partial charge < -0.3 is 0 Å². The highest BCUT2D eigenvalue weighted by Gasteiger charge is 2.31. The SMILES string of the molecule is CC(C)n1cc(S(=O)(=O)N2CCCC[C@@H]2C)cn1. The van der Waals surface area contributed by atoms with Gasteiger partial charge in [0.2, 0.25) is 10.0 Å². The van der Waals surface area contributed by atoms with Crippen molar-refractivity contribution >= 4 is 10.0 Å². The lowest BCUT2D eigenvalue weighted by Gasteiger charge is -2.31. The van der Waals surface area contributed by atoms with Crippen LogP contribution >= 0.6 is 0 Å². The summed E-state index contributed by atoms with van der Waals surface area (Å²) < 4.78 is 28.3. The van der Waals surface area contributed by atoms with Crippen molar-refractivity contribution in [2.75, 3.05) is 6.54 Å². The van der Waals surface area contributed by atoms with Crippen molar-refractivity contribution in [1.29, 1.82) is 0 Å². The minimum absolute atomic E-state index is 0.0890. The van der Waals surface area contributed by atoms with Gasteiger partial charge in [0, 0.05) is 24.8 Å². The summed E-state index contributed by atoms with van der Waals surface area (Å²) in [5.74, 6) is 0. The summed E-state index contributed by atoms with van der Waals surface area (Å²) in [6.45, 7) is 6.56. The normalized spacial score (nSPS) is 22.6. The van der Waals surface area contributed by atoms with Gasteiger partial charge in [-0.15, -0.1) is 0 Å². The Kier molecular flexibility index (Phi) is 3.77. The van der Waals surface area contributed by atoms with Gasteiger partial charge in [-0.25, -0.2) is 8.42 Å². The topological polar surface area (TPSA) is 55.2 Å². The van der Waals surface area contributed by atoms with E-state index in [2.05, 4.69) is 5.10 Å². The maximum Gasteiger partial charge on any atom is 0.246 e. The number of hydrogen-bond donors (Lipinski definition) is 0. The number of rotatable bonds is 3. The standard InChI is InChI=1S/C12H21N3O2S/c1-10(2)14-9-12(8-13-14)18(16,17)15-7-5-4-6-11(15)3/h8-11H,4-7H2,1-3H3/t11-/m0/s1. The predicted octanol–water partition coefficient (Wildman–Crippen LogP) is 2.03. The van der Waals surface area contributed by atoms with Crippen LogP contribution < -0.4 is 0 Å². The van der Waals surface area contributed by atoms with Crippen molar-refractivity contribution in [3.05, 3.63) is 12.4 Å². The molecule has 2 heterocycles. The van der Waals surface area contributed by atoms with Crippen LogP contribution in [0.1, 0.15) is 46.1 Å². The van der Waals surface area contributed by atoms with Crippen LogP contribution in [0.2, 0.25) is 0 Å². The second-order valence-electron chi connectivity index (χ2n) is 5.21. The van der Waals surface area contributed by atoms with Crippen molar-refractivity contribution in [2.45, 2.75) is 57.0 Å². The molecule has 0 aliphatic carbocycles. The van der Waals surface area contributed by atoms with Crippen molar-refractivity contribution in [1.82, 2.24) is 14.1 Å². The Balaban J connectivity index is 2.29. The first-order valence-corrected chi connectivity index (χ1v) is 7.93. The van der Waals surface area contributed by atoms with Gasteiger partial charge in [0.1, 0.15) is 4.90 Å².